The molecular weight excluding hydrogens is 434 g/mol. The summed E-state index contributed by atoms with van der Waals surface area (Å²) in [5.41, 5.74) is 0. The van der Waals surface area contributed by atoms with E-state index < -0.39 is 14.5 Å². The fourth-order valence-electron chi connectivity index (χ4n) is 3.21. The van der Waals surface area contributed by atoms with E-state index in [1.807, 2.05) is 23.5 Å². The third kappa shape index (κ3) is 6.27. The Kier molecular flexibility index (Phi) is 9.13. The van der Waals surface area contributed by atoms with E-state index in [0.29, 0.717) is 4.32 Å². The van der Waals surface area contributed by atoms with Crippen LogP contribution >= 0.6 is 30.8 Å². The van der Waals surface area contributed by atoms with Crippen LogP contribution in [0.1, 0.15) is 0 Å². The van der Waals surface area contributed by atoms with Gasteiger partial charge in [-0.05, 0) is 48.9 Å². The van der Waals surface area contributed by atoms with Gasteiger partial charge in [-0.15, -0.1) is 23.5 Å². The van der Waals surface area contributed by atoms with Gasteiger partial charge in [-0.3, -0.25) is 0 Å². The Bertz CT molecular complexity index is 742. The molecule has 3 rings (SSSR count). The summed E-state index contributed by atoms with van der Waals surface area (Å²) in [5, 5.41) is 4.36. The third-order valence-corrected chi connectivity index (χ3v) is 13.3. The monoisotopic (exact) mass is 456 g/mol. The van der Waals surface area contributed by atoms with Crippen LogP contribution in [-0.2, 0) is 0 Å². The molecule has 0 N–H and O–H groups in total. The van der Waals surface area contributed by atoms with E-state index >= 15 is 0 Å². The number of hydrogen-bond acceptors (Lipinski definition) is 2. The largest absolute Gasteiger partial charge is 0.673 e. The van der Waals surface area contributed by atoms with Gasteiger partial charge in [0.15, 0.2) is 4.32 Å². The van der Waals surface area contributed by atoms with Crippen molar-refractivity contribution in [3.8, 4) is 0 Å². The molecule has 3 aromatic rings. The molecule has 0 aromatic heterocycles. The summed E-state index contributed by atoms with van der Waals surface area (Å²) in [5.74, 6) is 0. The first-order valence-electron chi connectivity index (χ1n) is 8.82. The van der Waals surface area contributed by atoms with Crippen molar-refractivity contribution in [3.63, 3.8) is 0 Å². The van der Waals surface area contributed by atoms with E-state index in [1.165, 1.54) is 15.9 Å². The lowest BCUT2D eigenvalue weighted by molar-refractivity contribution is 0.368. The van der Waals surface area contributed by atoms with Crippen molar-refractivity contribution in [1.82, 2.24) is 0 Å². The highest BCUT2D eigenvalue weighted by molar-refractivity contribution is 8.29. The summed E-state index contributed by atoms with van der Waals surface area (Å²) in [6.45, 7) is 0. The van der Waals surface area contributed by atoms with Gasteiger partial charge >= 0.3 is 7.25 Å². The summed E-state index contributed by atoms with van der Waals surface area (Å²) < 4.78 is 39.5. The van der Waals surface area contributed by atoms with Gasteiger partial charge in [-0.25, -0.2) is 0 Å². The molecule has 0 nitrogen and oxygen atoms in total. The molecule has 0 spiro atoms. The summed E-state index contributed by atoms with van der Waals surface area (Å²) >= 11 is 3.95. The lowest BCUT2D eigenvalue weighted by Crippen LogP contribution is -2.36. The predicted octanol–water partition coefficient (Wildman–Crippen LogP) is 6.29. The number of benzene rings is 3. The van der Waals surface area contributed by atoms with Gasteiger partial charge < -0.3 is 17.3 Å². The Labute approximate surface area is 178 Å². The van der Waals surface area contributed by atoms with Gasteiger partial charge in [-0.1, -0.05) is 54.6 Å². The average Bonchev–Trinajstić information content (AvgIpc) is 2.73. The van der Waals surface area contributed by atoms with Gasteiger partial charge in [-0.2, -0.15) is 0 Å². The van der Waals surface area contributed by atoms with Crippen molar-refractivity contribution >= 4 is 54.0 Å². The fourth-order valence-corrected chi connectivity index (χ4v) is 12.3. The molecule has 0 aliphatic heterocycles. The molecule has 0 saturated carbocycles. The van der Waals surface area contributed by atoms with Crippen molar-refractivity contribution in [2.45, 2.75) is 4.32 Å². The van der Waals surface area contributed by atoms with Crippen LogP contribution in [0.2, 0.25) is 0 Å². The Morgan fingerprint density at radius 3 is 1.03 bits per heavy atom. The highest BCUT2D eigenvalue weighted by atomic mass is 32.2. The molecule has 0 bridgehead atoms. The topological polar surface area (TPSA) is 0 Å². The second kappa shape index (κ2) is 11.1. The molecule has 154 valence electrons. The summed E-state index contributed by atoms with van der Waals surface area (Å²) in [7, 11) is -7.74. The lowest BCUT2D eigenvalue weighted by atomic mass is 10.3. The van der Waals surface area contributed by atoms with Crippen LogP contribution in [0, 0.1) is 0 Å². The molecule has 0 unspecified atom stereocenters. The molecule has 0 radical (unpaired) electrons. The Morgan fingerprint density at radius 2 is 0.828 bits per heavy atom. The minimum Gasteiger partial charge on any atom is -0.418 e. The SMILES string of the molecule is CSC(SC)[P+](c1ccccc1)(c1ccccc1)c1ccccc1.F[B-](F)(F)F. The van der Waals surface area contributed by atoms with Crippen LogP contribution in [0.15, 0.2) is 91.0 Å². The minimum absolute atomic E-state index is 0.490. The Morgan fingerprint density at radius 1 is 0.586 bits per heavy atom. The fraction of sp³-hybridized carbons (Fsp3) is 0.143. The average molecular weight is 456 g/mol. The maximum absolute atomic E-state index is 9.75. The third-order valence-electron chi connectivity index (χ3n) is 4.21. The zero-order chi connectivity index (χ0) is 21.3. The summed E-state index contributed by atoms with van der Waals surface area (Å²) in [6.07, 6.45) is 4.48. The normalized spacial score (nSPS) is 11.7. The van der Waals surface area contributed by atoms with E-state index in [2.05, 4.69) is 104 Å². The quantitative estimate of drug-likeness (QED) is 0.185. The van der Waals surface area contributed by atoms with Crippen molar-refractivity contribution in [3.05, 3.63) is 91.0 Å². The van der Waals surface area contributed by atoms with Gasteiger partial charge in [0.05, 0.1) is 0 Å². The van der Waals surface area contributed by atoms with E-state index in [-0.39, 0.29) is 0 Å². The van der Waals surface area contributed by atoms with Crippen LogP contribution in [0.5, 0.6) is 0 Å². The lowest BCUT2D eigenvalue weighted by Gasteiger charge is -2.32. The number of hydrogen-bond donors (Lipinski definition) is 0. The van der Waals surface area contributed by atoms with Crippen molar-refractivity contribution in [2.24, 2.45) is 0 Å². The predicted molar refractivity (Wildman–Crippen MR) is 126 cm³/mol. The second-order valence-corrected chi connectivity index (χ2v) is 12.4. The standard InChI is InChI=1S/C21H22PS2.BF4/c1-23-21(24-2)22(18-12-6-3-7-13-18,19-14-8-4-9-15-19)20-16-10-5-11-17-20;2-1(3,4)5/h3-17,21H,1-2H3;/q+1;-1. The summed E-state index contributed by atoms with van der Waals surface area (Å²) in [6, 6.07) is 33.3. The van der Waals surface area contributed by atoms with Crippen molar-refractivity contribution in [2.75, 3.05) is 12.5 Å². The summed E-state index contributed by atoms with van der Waals surface area (Å²) in [4.78, 5) is 0. The van der Waals surface area contributed by atoms with Gasteiger partial charge in [0.1, 0.15) is 23.2 Å². The van der Waals surface area contributed by atoms with Gasteiger partial charge in [0, 0.05) is 0 Å². The second-order valence-electron chi connectivity index (χ2n) is 6.00. The molecule has 0 atom stereocenters. The zero-order valence-corrected chi connectivity index (χ0v) is 18.6. The molecule has 0 aliphatic rings. The molecule has 29 heavy (non-hydrogen) atoms. The molecule has 0 saturated heterocycles. The van der Waals surface area contributed by atoms with Crippen LogP contribution in [-0.4, -0.2) is 24.1 Å². The molecule has 3 aromatic carbocycles. The van der Waals surface area contributed by atoms with E-state index in [4.69, 9.17) is 0 Å². The van der Waals surface area contributed by atoms with Crippen LogP contribution in [0.4, 0.5) is 17.3 Å². The van der Waals surface area contributed by atoms with E-state index in [1.54, 1.807) is 0 Å². The van der Waals surface area contributed by atoms with Crippen LogP contribution in [0.25, 0.3) is 0 Å². The Hall–Kier alpha value is -1.43. The molecule has 0 fully saturated rings. The number of rotatable bonds is 6. The number of halogens is 4. The first-order valence-corrected chi connectivity index (χ1v) is 13.3. The van der Waals surface area contributed by atoms with Crippen LogP contribution in [0.3, 0.4) is 0 Å². The van der Waals surface area contributed by atoms with Gasteiger partial charge in [0.25, 0.3) is 0 Å². The van der Waals surface area contributed by atoms with E-state index in [0.717, 1.165) is 0 Å². The molecule has 8 heteroatoms. The zero-order valence-electron chi connectivity index (χ0n) is 16.1. The Balaban J connectivity index is 0.000000537. The maximum atomic E-state index is 9.75. The minimum atomic E-state index is -6.00. The highest BCUT2D eigenvalue weighted by Crippen LogP contribution is 2.65. The molecule has 0 amide bonds. The molecular formula is C21H22BF4PS2. The van der Waals surface area contributed by atoms with Crippen LogP contribution < -0.4 is 15.9 Å². The maximum Gasteiger partial charge on any atom is 0.673 e. The molecule has 0 aliphatic carbocycles. The molecule has 0 heterocycles. The first kappa shape index (κ1) is 23.9. The van der Waals surface area contributed by atoms with Gasteiger partial charge in [0.2, 0.25) is 0 Å². The highest BCUT2D eigenvalue weighted by Gasteiger charge is 2.52. The van der Waals surface area contributed by atoms with Crippen molar-refractivity contribution in [1.29, 1.82) is 0 Å². The van der Waals surface area contributed by atoms with E-state index in [9.17, 15) is 17.3 Å². The first-order chi connectivity index (χ1) is 13.8. The number of thioether (sulfide) groups is 2. The van der Waals surface area contributed by atoms with Crippen molar-refractivity contribution < 1.29 is 17.3 Å². The smallest absolute Gasteiger partial charge is 0.418 e.